The number of ether oxygens (including phenoxy) is 1. The summed E-state index contributed by atoms with van der Waals surface area (Å²) in [4.78, 5) is 12.8. The number of thiophene rings is 1. The number of hydrogen-bond acceptors (Lipinski definition) is 3. The van der Waals surface area contributed by atoms with Gasteiger partial charge in [-0.1, -0.05) is 30.7 Å². The molecule has 2 aromatic rings. The molecule has 0 saturated heterocycles. The molecule has 1 unspecified atom stereocenters. The summed E-state index contributed by atoms with van der Waals surface area (Å²) in [6, 6.07) is 11.2. The van der Waals surface area contributed by atoms with Crippen LogP contribution in [0.5, 0.6) is 5.75 Å². The van der Waals surface area contributed by atoms with E-state index in [1.54, 1.807) is 19.2 Å². The lowest BCUT2D eigenvalue weighted by molar-refractivity contribution is 0.0939. The summed E-state index contributed by atoms with van der Waals surface area (Å²) in [5, 5.41) is 3.02. The fourth-order valence-corrected chi connectivity index (χ4v) is 2.87. The van der Waals surface area contributed by atoms with E-state index in [4.69, 9.17) is 16.3 Å². The second-order valence-corrected chi connectivity index (χ2v) is 6.03. The van der Waals surface area contributed by atoms with Gasteiger partial charge in [0.15, 0.2) is 0 Å². The highest BCUT2D eigenvalue weighted by Crippen LogP contribution is 2.24. The molecular weight excluding hydrogens is 294 g/mol. The minimum absolute atomic E-state index is 0.0192. The summed E-state index contributed by atoms with van der Waals surface area (Å²) in [6.45, 7) is 2.04. The Hall–Kier alpha value is -1.52. The minimum Gasteiger partial charge on any atom is -0.497 e. The lowest BCUT2D eigenvalue weighted by atomic mass is 10.0. The third-order valence-corrected chi connectivity index (χ3v) is 4.26. The smallest absolute Gasteiger partial charge is 0.261 e. The molecule has 20 heavy (non-hydrogen) atoms. The first-order chi connectivity index (χ1) is 9.63. The molecule has 3 nitrogen and oxygen atoms in total. The fraction of sp³-hybridized carbons (Fsp3) is 0.267. The van der Waals surface area contributed by atoms with Gasteiger partial charge in [-0.2, -0.15) is 0 Å². The second kappa shape index (κ2) is 6.77. The first-order valence-corrected chi connectivity index (χ1v) is 7.53. The number of benzene rings is 1. The third-order valence-electron chi connectivity index (χ3n) is 3.03. The molecule has 0 aliphatic carbocycles. The predicted octanol–water partition coefficient (Wildman–Crippen LogP) is 4.29. The van der Waals surface area contributed by atoms with Gasteiger partial charge in [0, 0.05) is 0 Å². The summed E-state index contributed by atoms with van der Waals surface area (Å²) in [7, 11) is 1.63. The summed E-state index contributed by atoms with van der Waals surface area (Å²) in [6.07, 6.45) is 0.817. The van der Waals surface area contributed by atoms with Crippen molar-refractivity contribution in [1.29, 1.82) is 0 Å². The summed E-state index contributed by atoms with van der Waals surface area (Å²) in [5.41, 5.74) is 1.06. The van der Waals surface area contributed by atoms with E-state index in [1.165, 1.54) is 11.3 Å². The average Bonchev–Trinajstić information content (AvgIpc) is 2.91. The molecule has 106 valence electrons. The monoisotopic (exact) mass is 309 g/mol. The molecule has 0 radical (unpaired) electrons. The van der Waals surface area contributed by atoms with E-state index in [9.17, 15) is 4.79 Å². The molecule has 1 aromatic carbocycles. The van der Waals surface area contributed by atoms with Crippen molar-refractivity contribution in [3.05, 3.63) is 51.2 Å². The lowest BCUT2D eigenvalue weighted by Crippen LogP contribution is -2.27. The first kappa shape index (κ1) is 14.9. The van der Waals surface area contributed by atoms with Gasteiger partial charge >= 0.3 is 0 Å². The Labute approximate surface area is 127 Å². The number of carbonyl (C=O) groups excluding carboxylic acids is 1. The Morgan fingerprint density at radius 3 is 2.50 bits per heavy atom. The first-order valence-electron chi connectivity index (χ1n) is 6.34. The van der Waals surface area contributed by atoms with E-state index in [2.05, 4.69) is 5.32 Å². The molecule has 1 amide bonds. The maximum absolute atomic E-state index is 12.1. The van der Waals surface area contributed by atoms with E-state index in [1.807, 2.05) is 31.2 Å². The molecular formula is C15H16ClNO2S. The van der Waals surface area contributed by atoms with Gasteiger partial charge in [0.2, 0.25) is 0 Å². The lowest BCUT2D eigenvalue weighted by Gasteiger charge is -2.17. The van der Waals surface area contributed by atoms with E-state index in [0.717, 1.165) is 17.7 Å². The molecule has 5 heteroatoms. The molecule has 0 saturated carbocycles. The van der Waals surface area contributed by atoms with Gasteiger partial charge in [-0.05, 0) is 36.2 Å². The zero-order valence-electron chi connectivity index (χ0n) is 11.4. The maximum atomic E-state index is 12.1. The molecule has 2 rings (SSSR count). The van der Waals surface area contributed by atoms with E-state index in [-0.39, 0.29) is 11.9 Å². The Morgan fingerprint density at radius 1 is 1.30 bits per heavy atom. The number of rotatable bonds is 5. The van der Waals surface area contributed by atoms with E-state index < -0.39 is 0 Å². The third kappa shape index (κ3) is 3.52. The van der Waals surface area contributed by atoms with Crippen LogP contribution in [-0.4, -0.2) is 13.0 Å². The van der Waals surface area contributed by atoms with Crippen molar-refractivity contribution in [2.75, 3.05) is 7.11 Å². The van der Waals surface area contributed by atoms with Crippen molar-refractivity contribution in [3.63, 3.8) is 0 Å². The summed E-state index contributed by atoms with van der Waals surface area (Å²) < 4.78 is 5.75. The fourth-order valence-electron chi connectivity index (χ4n) is 1.92. The Kier molecular flexibility index (Phi) is 5.04. The van der Waals surface area contributed by atoms with Crippen LogP contribution in [0, 0.1) is 0 Å². The zero-order valence-corrected chi connectivity index (χ0v) is 12.9. The van der Waals surface area contributed by atoms with E-state index >= 15 is 0 Å². The van der Waals surface area contributed by atoms with Crippen LogP contribution in [0.1, 0.15) is 34.6 Å². The quantitative estimate of drug-likeness (QED) is 0.894. The summed E-state index contributed by atoms with van der Waals surface area (Å²) in [5.74, 6) is 0.713. The Bertz CT molecular complexity index is 580. The average molecular weight is 310 g/mol. The number of hydrogen-bond donors (Lipinski definition) is 1. The van der Waals surface area contributed by atoms with Gasteiger partial charge in [-0.25, -0.2) is 0 Å². The van der Waals surface area contributed by atoms with Crippen LogP contribution in [0.15, 0.2) is 36.4 Å². The number of methoxy groups -OCH3 is 1. The molecule has 1 aromatic heterocycles. The van der Waals surface area contributed by atoms with Crippen molar-refractivity contribution < 1.29 is 9.53 Å². The van der Waals surface area contributed by atoms with Gasteiger partial charge in [0.1, 0.15) is 5.75 Å². The molecule has 0 bridgehead atoms. The highest BCUT2D eigenvalue weighted by atomic mass is 35.5. The minimum atomic E-state index is -0.0930. The van der Waals surface area contributed by atoms with Crippen LogP contribution in [0.2, 0.25) is 4.34 Å². The van der Waals surface area contributed by atoms with Gasteiger partial charge in [-0.3, -0.25) is 4.79 Å². The molecule has 0 fully saturated rings. The van der Waals surface area contributed by atoms with Crippen molar-refractivity contribution in [2.24, 2.45) is 0 Å². The standard InChI is InChI=1S/C15H16ClNO2S/c1-3-12(10-4-6-11(19-2)7-5-10)17-15(18)13-8-9-14(16)20-13/h4-9,12H,3H2,1-2H3,(H,17,18). The highest BCUT2D eigenvalue weighted by molar-refractivity contribution is 7.17. The SMILES string of the molecule is CCC(NC(=O)c1ccc(Cl)s1)c1ccc(OC)cc1. The number of halogens is 1. The number of nitrogens with one attached hydrogen (secondary N) is 1. The largest absolute Gasteiger partial charge is 0.497 e. The van der Waals surface area contributed by atoms with Gasteiger partial charge in [0.05, 0.1) is 22.4 Å². The predicted molar refractivity (Wildman–Crippen MR) is 82.8 cm³/mol. The van der Waals surface area contributed by atoms with Crippen molar-refractivity contribution in [1.82, 2.24) is 5.32 Å². The van der Waals surface area contributed by atoms with Crippen LogP contribution >= 0.6 is 22.9 Å². The number of carbonyl (C=O) groups is 1. The molecule has 1 N–H and O–H groups in total. The van der Waals surface area contributed by atoms with Crippen LogP contribution in [0.4, 0.5) is 0 Å². The normalized spacial score (nSPS) is 11.9. The van der Waals surface area contributed by atoms with Gasteiger partial charge in [0.25, 0.3) is 5.91 Å². The Balaban J connectivity index is 2.09. The number of amides is 1. The summed E-state index contributed by atoms with van der Waals surface area (Å²) >= 11 is 7.13. The zero-order chi connectivity index (χ0) is 14.5. The topological polar surface area (TPSA) is 38.3 Å². The van der Waals surface area contributed by atoms with Crippen molar-refractivity contribution >= 4 is 28.8 Å². The highest BCUT2D eigenvalue weighted by Gasteiger charge is 2.15. The van der Waals surface area contributed by atoms with Crippen LogP contribution < -0.4 is 10.1 Å². The molecule has 1 heterocycles. The Morgan fingerprint density at radius 2 is 2.00 bits per heavy atom. The van der Waals surface area contributed by atoms with E-state index in [0.29, 0.717) is 9.21 Å². The van der Waals surface area contributed by atoms with Crippen LogP contribution in [0.25, 0.3) is 0 Å². The molecule has 0 spiro atoms. The molecule has 1 atom stereocenters. The van der Waals surface area contributed by atoms with Crippen molar-refractivity contribution in [3.8, 4) is 5.75 Å². The molecule has 0 aliphatic rings. The van der Waals surface area contributed by atoms with Gasteiger partial charge in [-0.15, -0.1) is 11.3 Å². The molecule has 0 aliphatic heterocycles. The van der Waals surface area contributed by atoms with Crippen LogP contribution in [0.3, 0.4) is 0 Å². The van der Waals surface area contributed by atoms with Crippen molar-refractivity contribution in [2.45, 2.75) is 19.4 Å². The van der Waals surface area contributed by atoms with Gasteiger partial charge < -0.3 is 10.1 Å². The maximum Gasteiger partial charge on any atom is 0.261 e. The van der Waals surface area contributed by atoms with Crippen LogP contribution in [-0.2, 0) is 0 Å². The second-order valence-electron chi connectivity index (χ2n) is 4.31.